The summed E-state index contributed by atoms with van der Waals surface area (Å²) in [5, 5.41) is 44.3. The summed E-state index contributed by atoms with van der Waals surface area (Å²) in [6.45, 7) is 1.87. The summed E-state index contributed by atoms with van der Waals surface area (Å²) >= 11 is 0. The van der Waals surface area contributed by atoms with Gasteiger partial charge in [0.1, 0.15) is 9.79 Å². The van der Waals surface area contributed by atoms with Gasteiger partial charge in [0, 0.05) is 28.3 Å². The fourth-order valence-corrected chi connectivity index (χ4v) is 10.5. The Morgan fingerprint density at radius 2 is 1.02 bits per heavy atom. The van der Waals surface area contributed by atoms with Gasteiger partial charge >= 0.3 is 11.4 Å². The summed E-state index contributed by atoms with van der Waals surface area (Å²) in [5.41, 5.74) is -1.61. The summed E-state index contributed by atoms with van der Waals surface area (Å²) in [5.74, 6) is -1.62. The Labute approximate surface area is 285 Å². The molecule has 0 atom stereocenters. The lowest BCUT2D eigenvalue weighted by Crippen LogP contribution is -2.50. The number of rotatable bonds is 9. The quantitative estimate of drug-likeness (QED) is 0.0947. The molecule has 0 radical (unpaired) electrons. The van der Waals surface area contributed by atoms with Crippen molar-refractivity contribution < 1.29 is 35.4 Å². The van der Waals surface area contributed by atoms with Crippen LogP contribution in [0, 0.1) is 28.0 Å². The first kappa shape index (κ1) is 34.5. The van der Waals surface area contributed by atoms with Gasteiger partial charge in [-0.2, -0.15) is 16.8 Å². The number of hydrogen-bond acceptors (Lipinski definition) is 10. The van der Waals surface area contributed by atoms with E-state index >= 15 is 0 Å². The van der Waals surface area contributed by atoms with Crippen molar-refractivity contribution in [1.29, 1.82) is 10.8 Å². The number of fused-ring (bicyclic) bond motifs is 2. The topological polar surface area (TPSA) is 189 Å². The summed E-state index contributed by atoms with van der Waals surface area (Å²) in [7, 11) is -9.61. The van der Waals surface area contributed by atoms with Crippen LogP contribution in [0.25, 0.3) is 31.5 Å². The molecule has 256 valence electrons. The predicted octanol–water partition coefficient (Wildman–Crippen LogP) is 7.71. The van der Waals surface area contributed by atoms with Crippen molar-refractivity contribution in [2.75, 3.05) is 0 Å². The van der Waals surface area contributed by atoms with Gasteiger partial charge in [-0.25, -0.2) is 8.37 Å². The lowest BCUT2D eigenvalue weighted by atomic mass is 9.59. The maximum atomic E-state index is 14.3. The minimum Gasteiger partial charge on any atom is -0.867 e. The molecule has 2 aliphatic rings. The monoisotopic (exact) mass is 704 g/mol. The second kappa shape index (κ2) is 13.5. The number of benzene rings is 4. The zero-order chi connectivity index (χ0) is 35.0. The molecule has 0 amide bonds. The molecular weight excluding hydrogens is 669 g/mol. The van der Waals surface area contributed by atoms with Crippen LogP contribution in [-0.2, 0) is 28.6 Å². The first-order valence-corrected chi connectivity index (χ1v) is 19.3. The summed E-state index contributed by atoms with van der Waals surface area (Å²) in [6, 6.07) is 13.1. The second-order valence-corrected chi connectivity index (χ2v) is 16.3. The molecule has 12 nitrogen and oxygen atoms in total. The van der Waals surface area contributed by atoms with Crippen molar-refractivity contribution in [2.24, 2.45) is 17.3 Å². The molecule has 2 saturated carbocycles. The normalized spacial score (nSPS) is 16.9. The van der Waals surface area contributed by atoms with Crippen LogP contribution in [0.2, 0.25) is 0 Å². The highest BCUT2D eigenvalue weighted by Gasteiger charge is 2.52. The molecule has 0 unspecified atom stereocenters. The molecule has 0 saturated heterocycles. The molecule has 14 heteroatoms. The van der Waals surface area contributed by atoms with Crippen molar-refractivity contribution in [3.63, 3.8) is 0 Å². The van der Waals surface area contributed by atoms with Gasteiger partial charge in [0.2, 0.25) is 10.8 Å². The number of diazo groups is 2. The average molecular weight is 705 g/mol. The summed E-state index contributed by atoms with van der Waals surface area (Å²) in [6.07, 6.45) is 6.70. The third kappa shape index (κ3) is 6.30. The van der Waals surface area contributed by atoms with Crippen LogP contribution in [0.4, 0.5) is 11.4 Å². The van der Waals surface area contributed by atoms with Crippen molar-refractivity contribution in [3.8, 4) is 11.5 Å². The molecule has 0 N–H and O–H groups in total. The Hall–Kier alpha value is -4.34. The van der Waals surface area contributed by atoms with Crippen molar-refractivity contribution in [2.45, 2.75) is 87.2 Å². The Morgan fingerprint density at radius 3 is 1.39 bits per heavy atom. The van der Waals surface area contributed by atoms with Crippen LogP contribution in [-0.4, -0.2) is 23.1 Å². The van der Waals surface area contributed by atoms with E-state index in [9.17, 15) is 37.8 Å². The SMILES string of the molecule is CC(C1CCCCC1)(C1CCCCC1)C(OS(=O)(=O)c1cccc2c([O-])c([N+]#N)ccc12)OS(=O)(=O)c1cccc2c([O-])c([N+]#N)ccc12. The lowest BCUT2D eigenvalue weighted by molar-refractivity contribution is -0.265. The first-order valence-electron chi connectivity index (χ1n) is 16.4. The Kier molecular flexibility index (Phi) is 9.52. The number of hydrogen-bond donors (Lipinski definition) is 0. The van der Waals surface area contributed by atoms with Gasteiger partial charge in [-0.15, -0.1) is 0 Å². The maximum Gasteiger partial charge on any atom is 0.378 e. The van der Waals surface area contributed by atoms with Gasteiger partial charge in [0.15, 0.2) is 16.2 Å². The second-order valence-electron chi connectivity index (χ2n) is 13.2. The van der Waals surface area contributed by atoms with E-state index in [-0.39, 0.29) is 54.5 Å². The highest BCUT2D eigenvalue weighted by Crippen LogP contribution is 2.53. The fourth-order valence-electron chi connectivity index (χ4n) is 7.90. The van der Waals surface area contributed by atoms with Gasteiger partial charge in [0.05, 0.1) is 0 Å². The van der Waals surface area contributed by atoms with E-state index in [1.165, 1.54) is 60.7 Å². The van der Waals surface area contributed by atoms with Crippen LogP contribution >= 0.6 is 0 Å². The van der Waals surface area contributed by atoms with E-state index in [0.29, 0.717) is 0 Å². The fraction of sp³-hybridized carbons (Fsp3) is 0.429. The molecular formula is C35H36N4O8S2. The zero-order valence-corrected chi connectivity index (χ0v) is 28.6. The first-order chi connectivity index (χ1) is 23.4. The molecule has 49 heavy (non-hydrogen) atoms. The third-order valence-corrected chi connectivity index (χ3v) is 13.2. The minimum absolute atomic E-state index is 0.0145. The van der Waals surface area contributed by atoms with Crippen molar-refractivity contribution in [1.82, 2.24) is 0 Å². The van der Waals surface area contributed by atoms with Crippen LogP contribution < -0.4 is 10.2 Å². The van der Waals surface area contributed by atoms with E-state index in [0.717, 1.165) is 64.2 Å². The van der Waals surface area contributed by atoms with Gasteiger partial charge in [-0.1, -0.05) is 69.7 Å². The van der Waals surface area contributed by atoms with Gasteiger partial charge in [0.25, 0.3) is 20.2 Å². The van der Waals surface area contributed by atoms with Crippen molar-refractivity contribution in [3.05, 3.63) is 70.6 Å². The van der Waals surface area contributed by atoms with Gasteiger partial charge in [-0.05, 0) is 84.1 Å². The average Bonchev–Trinajstić information content (AvgIpc) is 3.11. The van der Waals surface area contributed by atoms with E-state index in [1.54, 1.807) is 0 Å². The van der Waals surface area contributed by atoms with Crippen LogP contribution in [0.3, 0.4) is 0 Å². The van der Waals surface area contributed by atoms with Crippen molar-refractivity contribution >= 4 is 53.2 Å². The molecule has 4 aromatic rings. The third-order valence-electron chi connectivity index (χ3n) is 10.6. The summed E-state index contributed by atoms with van der Waals surface area (Å²) < 4.78 is 69.4. The lowest BCUT2D eigenvalue weighted by Gasteiger charge is -2.49. The molecule has 0 aromatic heterocycles. The van der Waals surface area contributed by atoms with Gasteiger partial charge < -0.3 is 10.2 Å². The molecule has 2 fully saturated rings. The highest BCUT2D eigenvalue weighted by molar-refractivity contribution is 7.87. The molecule has 4 aromatic carbocycles. The molecule has 0 bridgehead atoms. The van der Waals surface area contributed by atoms with E-state index in [4.69, 9.17) is 8.37 Å². The number of nitrogens with zero attached hydrogens (tertiary/aromatic N) is 4. The van der Waals surface area contributed by atoms with Crippen LogP contribution in [0.5, 0.6) is 11.5 Å². The van der Waals surface area contributed by atoms with Crippen LogP contribution in [0.1, 0.15) is 71.1 Å². The Balaban J connectivity index is 1.51. The molecule has 2 aliphatic carbocycles. The Morgan fingerprint density at radius 1 is 0.633 bits per heavy atom. The summed E-state index contributed by atoms with van der Waals surface area (Å²) in [4.78, 5) is 5.24. The zero-order valence-electron chi connectivity index (χ0n) is 26.9. The standard InChI is InChI=1S/C35H36N4O8S2/c1-35(22-10-4-2-5-11-22,23-12-6-3-7-13-23)34(46-48(42,43)30-16-8-14-26-24(30)18-20-28(38-36)32(26)40)47-49(44,45)31-17-9-15-27-25(31)19-21-29(39-37)33(27)41/h8-9,14-23,34H,2-7,10-13H2,1H3. The Bertz CT molecular complexity index is 2060. The minimum atomic E-state index is -4.81. The van der Waals surface area contributed by atoms with E-state index in [1.807, 2.05) is 6.92 Å². The van der Waals surface area contributed by atoms with E-state index in [2.05, 4.69) is 9.95 Å². The smallest absolute Gasteiger partial charge is 0.378 e. The molecule has 0 aliphatic heterocycles. The maximum absolute atomic E-state index is 14.3. The molecule has 0 spiro atoms. The van der Waals surface area contributed by atoms with E-state index < -0.39 is 43.4 Å². The molecule has 0 heterocycles. The highest BCUT2D eigenvalue weighted by atomic mass is 32.2. The van der Waals surface area contributed by atoms with Gasteiger partial charge in [-0.3, -0.25) is 0 Å². The van der Waals surface area contributed by atoms with Crippen LogP contribution in [0.15, 0.2) is 70.5 Å². The largest absolute Gasteiger partial charge is 0.867 e. The predicted molar refractivity (Wildman–Crippen MR) is 178 cm³/mol. The molecule has 6 rings (SSSR count).